The summed E-state index contributed by atoms with van der Waals surface area (Å²) < 4.78 is 0. The van der Waals surface area contributed by atoms with Crippen LogP contribution in [-0.4, -0.2) is 29.9 Å². The number of nitrogens with one attached hydrogen (secondary N) is 2. The molecule has 0 spiro atoms. The lowest BCUT2D eigenvalue weighted by Crippen LogP contribution is -2.41. The zero-order valence-corrected chi connectivity index (χ0v) is 11.4. The number of thiocarbonyl (C=S) groups is 1. The van der Waals surface area contributed by atoms with E-state index >= 15 is 0 Å². The van der Waals surface area contributed by atoms with Crippen molar-refractivity contribution >= 4 is 29.0 Å². The summed E-state index contributed by atoms with van der Waals surface area (Å²) in [7, 11) is 0. The van der Waals surface area contributed by atoms with Gasteiger partial charge in [0.15, 0.2) is 0 Å². The van der Waals surface area contributed by atoms with E-state index in [0.29, 0.717) is 13.1 Å². The van der Waals surface area contributed by atoms with Crippen LogP contribution in [0.15, 0.2) is 0 Å². The predicted octanol–water partition coefficient (Wildman–Crippen LogP) is 0.187. The maximum absolute atomic E-state index is 11.8. The van der Waals surface area contributed by atoms with Crippen LogP contribution in [-0.2, 0) is 9.59 Å². The third-order valence-corrected chi connectivity index (χ3v) is 2.53. The molecule has 0 aromatic carbocycles. The molecule has 0 aliphatic rings. The fourth-order valence-corrected chi connectivity index (χ4v) is 1.83. The number of hydrogen-bond donors (Lipinski definition) is 3. The van der Waals surface area contributed by atoms with Crippen molar-refractivity contribution < 1.29 is 9.59 Å². The Hall–Kier alpha value is -1.17. The maximum atomic E-state index is 11.8. The monoisotopic (exact) mass is 259 g/mol. The van der Waals surface area contributed by atoms with Gasteiger partial charge in [-0.2, -0.15) is 0 Å². The van der Waals surface area contributed by atoms with Gasteiger partial charge in [0, 0.05) is 19.5 Å². The highest BCUT2D eigenvalue weighted by atomic mass is 32.1. The van der Waals surface area contributed by atoms with Gasteiger partial charge < -0.3 is 16.4 Å². The molecule has 0 aromatic heterocycles. The number of carbonyl (C=O) groups is 2. The van der Waals surface area contributed by atoms with Crippen LogP contribution in [0.5, 0.6) is 0 Å². The van der Waals surface area contributed by atoms with E-state index in [4.69, 9.17) is 18.0 Å². The SMILES string of the molecule is CCNC(=O)CCNC(=O)C(C(N)=S)C(C)C. The molecule has 0 aromatic rings. The van der Waals surface area contributed by atoms with Crippen LogP contribution in [0.3, 0.4) is 0 Å². The smallest absolute Gasteiger partial charge is 0.230 e. The van der Waals surface area contributed by atoms with Crippen LogP contribution in [0.25, 0.3) is 0 Å². The molecule has 2 amide bonds. The van der Waals surface area contributed by atoms with E-state index in [1.165, 1.54) is 0 Å². The van der Waals surface area contributed by atoms with Crippen LogP contribution in [0.4, 0.5) is 0 Å². The van der Waals surface area contributed by atoms with E-state index in [9.17, 15) is 9.59 Å². The normalized spacial score (nSPS) is 12.0. The summed E-state index contributed by atoms with van der Waals surface area (Å²) >= 11 is 4.85. The van der Waals surface area contributed by atoms with Crippen molar-refractivity contribution in [3.8, 4) is 0 Å². The van der Waals surface area contributed by atoms with E-state index in [0.717, 1.165) is 0 Å². The Bertz CT molecular complexity index is 292. The lowest BCUT2D eigenvalue weighted by molar-refractivity contribution is -0.124. The molecule has 1 atom stereocenters. The molecular formula is C11H21N3O2S. The summed E-state index contributed by atoms with van der Waals surface area (Å²) in [5.41, 5.74) is 5.51. The number of rotatable bonds is 7. The van der Waals surface area contributed by atoms with Gasteiger partial charge in [0.1, 0.15) is 0 Å². The Morgan fingerprint density at radius 2 is 1.88 bits per heavy atom. The first-order valence-corrected chi connectivity index (χ1v) is 6.14. The third-order valence-electron chi connectivity index (χ3n) is 2.28. The zero-order valence-electron chi connectivity index (χ0n) is 10.6. The average Bonchev–Trinajstić information content (AvgIpc) is 2.16. The van der Waals surface area contributed by atoms with Crippen LogP contribution in [0.2, 0.25) is 0 Å². The Morgan fingerprint density at radius 3 is 2.29 bits per heavy atom. The minimum Gasteiger partial charge on any atom is -0.393 e. The van der Waals surface area contributed by atoms with Crippen molar-refractivity contribution in [2.45, 2.75) is 27.2 Å². The van der Waals surface area contributed by atoms with Gasteiger partial charge in [-0.05, 0) is 12.8 Å². The molecule has 5 nitrogen and oxygen atoms in total. The van der Waals surface area contributed by atoms with Gasteiger partial charge in [-0.25, -0.2) is 0 Å². The first kappa shape index (κ1) is 15.8. The number of hydrogen-bond acceptors (Lipinski definition) is 3. The topological polar surface area (TPSA) is 84.2 Å². The van der Waals surface area contributed by atoms with E-state index in [2.05, 4.69) is 10.6 Å². The summed E-state index contributed by atoms with van der Waals surface area (Å²) in [6.45, 7) is 6.50. The molecule has 0 radical (unpaired) electrons. The summed E-state index contributed by atoms with van der Waals surface area (Å²) in [6.07, 6.45) is 0.266. The molecule has 0 aliphatic carbocycles. The molecule has 0 bridgehead atoms. The molecule has 0 saturated heterocycles. The molecule has 17 heavy (non-hydrogen) atoms. The van der Waals surface area contributed by atoms with Crippen molar-refractivity contribution in [1.29, 1.82) is 0 Å². The number of amides is 2. The second kappa shape index (κ2) is 8.00. The van der Waals surface area contributed by atoms with E-state index in [1.54, 1.807) is 0 Å². The van der Waals surface area contributed by atoms with Crippen LogP contribution >= 0.6 is 12.2 Å². The lowest BCUT2D eigenvalue weighted by Gasteiger charge is -2.18. The van der Waals surface area contributed by atoms with Gasteiger partial charge in [0.25, 0.3) is 0 Å². The predicted molar refractivity (Wildman–Crippen MR) is 71.4 cm³/mol. The average molecular weight is 259 g/mol. The second-order valence-electron chi connectivity index (χ2n) is 4.12. The summed E-state index contributed by atoms with van der Waals surface area (Å²) in [5.74, 6) is -0.711. The molecular weight excluding hydrogens is 238 g/mol. The van der Waals surface area contributed by atoms with Crippen molar-refractivity contribution in [1.82, 2.24) is 10.6 Å². The molecule has 4 N–H and O–H groups in total. The highest BCUT2D eigenvalue weighted by molar-refractivity contribution is 7.80. The van der Waals surface area contributed by atoms with Gasteiger partial charge in [-0.3, -0.25) is 9.59 Å². The lowest BCUT2D eigenvalue weighted by atomic mass is 9.95. The minimum atomic E-state index is -0.473. The van der Waals surface area contributed by atoms with Gasteiger partial charge in [-0.15, -0.1) is 0 Å². The molecule has 1 unspecified atom stereocenters. The molecule has 0 rings (SSSR count). The Morgan fingerprint density at radius 1 is 1.29 bits per heavy atom. The van der Waals surface area contributed by atoms with E-state index < -0.39 is 5.92 Å². The highest BCUT2D eigenvalue weighted by Gasteiger charge is 2.24. The van der Waals surface area contributed by atoms with Crippen LogP contribution < -0.4 is 16.4 Å². The Balaban J connectivity index is 4.08. The first-order chi connectivity index (χ1) is 7.90. The maximum Gasteiger partial charge on any atom is 0.230 e. The second-order valence-corrected chi connectivity index (χ2v) is 4.59. The molecule has 98 valence electrons. The number of nitrogens with two attached hydrogens (primary N) is 1. The van der Waals surface area contributed by atoms with Crippen molar-refractivity contribution in [2.24, 2.45) is 17.6 Å². The van der Waals surface area contributed by atoms with Gasteiger partial charge >= 0.3 is 0 Å². The molecule has 6 heteroatoms. The fraction of sp³-hybridized carbons (Fsp3) is 0.727. The fourth-order valence-electron chi connectivity index (χ4n) is 1.46. The van der Waals surface area contributed by atoms with Crippen molar-refractivity contribution in [3.63, 3.8) is 0 Å². The van der Waals surface area contributed by atoms with Crippen molar-refractivity contribution in [2.75, 3.05) is 13.1 Å². The quantitative estimate of drug-likeness (QED) is 0.570. The molecule has 0 heterocycles. The third kappa shape index (κ3) is 6.21. The summed E-state index contributed by atoms with van der Waals surface area (Å²) in [4.78, 5) is 23.1. The Kier molecular flexibility index (Phi) is 7.45. The standard InChI is InChI=1S/C11H21N3O2S/c1-4-13-8(15)5-6-14-11(16)9(7(2)3)10(12)17/h7,9H,4-6H2,1-3H3,(H2,12,17)(H,13,15)(H,14,16). The Labute approximate surface area is 108 Å². The zero-order chi connectivity index (χ0) is 13.4. The number of carbonyl (C=O) groups excluding carboxylic acids is 2. The van der Waals surface area contributed by atoms with Crippen LogP contribution in [0, 0.1) is 11.8 Å². The van der Waals surface area contributed by atoms with E-state index in [-0.39, 0.29) is 29.1 Å². The van der Waals surface area contributed by atoms with Gasteiger partial charge in [0.2, 0.25) is 11.8 Å². The van der Waals surface area contributed by atoms with Gasteiger partial charge in [0.05, 0.1) is 10.9 Å². The van der Waals surface area contributed by atoms with Crippen molar-refractivity contribution in [3.05, 3.63) is 0 Å². The minimum absolute atomic E-state index is 0.0527. The highest BCUT2D eigenvalue weighted by Crippen LogP contribution is 2.11. The van der Waals surface area contributed by atoms with Crippen LogP contribution in [0.1, 0.15) is 27.2 Å². The summed E-state index contributed by atoms with van der Waals surface area (Å²) in [5, 5.41) is 5.32. The van der Waals surface area contributed by atoms with E-state index in [1.807, 2.05) is 20.8 Å². The first-order valence-electron chi connectivity index (χ1n) is 5.73. The summed E-state index contributed by atoms with van der Waals surface area (Å²) in [6, 6.07) is 0. The largest absolute Gasteiger partial charge is 0.393 e. The van der Waals surface area contributed by atoms with Gasteiger partial charge in [-0.1, -0.05) is 26.1 Å². The molecule has 0 aliphatic heterocycles. The molecule has 0 fully saturated rings. The molecule has 0 saturated carbocycles.